The van der Waals surface area contributed by atoms with E-state index in [0.717, 1.165) is 38.6 Å². The fourth-order valence-corrected chi connectivity index (χ4v) is 5.85. The number of likely N-dealkylation sites (tertiary alicyclic amines) is 1. The van der Waals surface area contributed by atoms with Gasteiger partial charge in [-0.15, -0.1) is 0 Å². The predicted octanol–water partition coefficient (Wildman–Crippen LogP) is -0.738. The molecule has 1 aliphatic carbocycles. The van der Waals surface area contributed by atoms with Crippen molar-refractivity contribution >= 4 is 21.7 Å². The Morgan fingerprint density at radius 2 is 1.54 bits per heavy atom. The van der Waals surface area contributed by atoms with Crippen LogP contribution in [0.2, 0.25) is 0 Å². The summed E-state index contributed by atoms with van der Waals surface area (Å²) in [5, 5.41) is 0. The van der Waals surface area contributed by atoms with Gasteiger partial charge in [0.25, 0.3) is 0 Å². The van der Waals surface area contributed by atoms with Crippen LogP contribution >= 0.6 is 0 Å². The largest absolute Gasteiger partial charge is 0.341 e. The molecule has 4 aliphatic rings. The molecule has 3 saturated heterocycles. The minimum absolute atomic E-state index is 0.00960. The maximum Gasteiger partial charge on any atom is 0.236 e. The van der Waals surface area contributed by atoms with E-state index in [1.54, 1.807) is 4.90 Å². The van der Waals surface area contributed by atoms with Crippen LogP contribution in [0, 0.1) is 5.92 Å². The van der Waals surface area contributed by atoms with Crippen LogP contribution in [-0.2, 0) is 19.4 Å². The SMILES string of the molecule is O=C(CN1CCS(=O)(=O)CC1)N1CC(C(=O)N2CCCN(C3CCC3)CC2)C1. The summed E-state index contributed by atoms with van der Waals surface area (Å²) in [7, 11) is -2.93. The van der Waals surface area contributed by atoms with Crippen LogP contribution in [-0.4, -0.2) is 116 Å². The molecule has 0 bridgehead atoms. The summed E-state index contributed by atoms with van der Waals surface area (Å²) in [6.07, 6.45) is 4.98. The summed E-state index contributed by atoms with van der Waals surface area (Å²) < 4.78 is 23.0. The van der Waals surface area contributed by atoms with Crippen LogP contribution in [0.5, 0.6) is 0 Å². The van der Waals surface area contributed by atoms with E-state index >= 15 is 0 Å². The highest BCUT2D eigenvalue weighted by atomic mass is 32.2. The molecule has 0 aromatic carbocycles. The van der Waals surface area contributed by atoms with Gasteiger partial charge in [-0.1, -0.05) is 6.42 Å². The van der Waals surface area contributed by atoms with Crippen molar-refractivity contribution in [1.29, 1.82) is 0 Å². The molecule has 0 N–H and O–H groups in total. The summed E-state index contributed by atoms with van der Waals surface area (Å²) in [6.45, 7) is 5.83. The van der Waals surface area contributed by atoms with Gasteiger partial charge in [0.1, 0.15) is 0 Å². The number of sulfone groups is 1. The molecule has 158 valence electrons. The summed E-state index contributed by atoms with van der Waals surface area (Å²) in [6, 6.07) is 0.733. The molecular weight excluding hydrogens is 380 g/mol. The summed E-state index contributed by atoms with van der Waals surface area (Å²) >= 11 is 0. The summed E-state index contributed by atoms with van der Waals surface area (Å²) in [4.78, 5) is 33.4. The Balaban J connectivity index is 1.19. The van der Waals surface area contributed by atoms with Crippen LogP contribution in [0.3, 0.4) is 0 Å². The van der Waals surface area contributed by atoms with Crippen molar-refractivity contribution < 1.29 is 18.0 Å². The van der Waals surface area contributed by atoms with Gasteiger partial charge in [-0.3, -0.25) is 19.4 Å². The third-order valence-electron chi connectivity index (χ3n) is 6.81. The number of amides is 2. The van der Waals surface area contributed by atoms with E-state index in [9.17, 15) is 18.0 Å². The second-order valence-corrected chi connectivity index (χ2v) is 11.0. The first-order chi connectivity index (χ1) is 13.4. The van der Waals surface area contributed by atoms with Gasteiger partial charge in [-0.25, -0.2) is 8.42 Å². The van der Waals surface area contributed by atoms with Gasteiger partial charge < -0.3 is 9.80 Å². The molecule has 4 fully saturated rings. The van der Waals surface area contributed by atoms with Crippen molar-refractivity contribution in [3.05, 3.63) is 0 Å². The lowest BCUT2D eigenvalue weighted by atomic mass is 9.91. The maximum absolute atomic E-state index is 12.8. The highest BCUT2D eigenvalue weighted by Gasteiger charge is 2.39. The first-order valence-electron chi connectivity index (χ1n) is 10.6. The zero-order chi connectivity index (χ0) is 19.7. The van der Waals surface area contributed by atoms with Gasteiger partial charge >= 0.3 is 0 Å². The van der Waals surface area contributed by atoms with E-state index in [2.05, 4.69) is 4.90 Å². The zero-order valence-corrected chi connectivity index (χ0v) is 17.4. The lowest BCUT2D eigenvalue weighted by molar-refractivity contribution is -0.149. The van der Waals surface area contributed by atoms with Crippen molar-refractivity contribution in [1.82, 2.24) is 19.6 Å². The standard InChI is InChI=1S/C19H32N4O4S/c24-18(15-20-9-11-28(26,27)12-10-20)23-13-16(14-23)19(25)22-6-2-5-21(7-8-22)17-3-1-4-17/h16-17H,1-15H2. The average Bonchev–Trinajstić information content (AvgIpc) is 2.80. The van der Waals surface area contributed by atoms with E-state index in [4.69, 9.17) is 0 Å². The number of nitrogens with zero attached hydrogens (tertiary/aromatic N) is 4. The molecule has 8 nitrogen and oxygen atoms in total. The molecule has 3 heterocycles. The number of carbonyl (C=O) groups is 2. The Hall–Kier alpha value is -1.19. The first-order valence-corrected chi connectivity index (χ1v) is 12.5. The van der Waals surface area contributed by atoms with E-state index < -0.39 is 9.84 Å². The average molecular weight is 413 g/mol. The van der Waals surface area contributed by atoms with E-state index in [1.807, 2.05) is 9.80 Å². The second-order valence-electron chi connectivity index (χ2n) is 8.72. The Labute approximate surface area is 167 Å². The fourth-order valence-electron chi connectivity index (χ4n) is 4.57. The van der Waals surface area contributed by atoms with Crippen LogP contribution in [0.1, 0.15) is 25.7 Å². The van der Waals surface area contributed by atoms with E-state index in [1.165, 1.54) is 19.3 Å². The monoisotopic (exact) mass is 412 g/mol. The Bertz CT molecular complexity index is 689. The highest BCUT2D eigenvalue weighted by Crippen LogP contribution is 2.26. The molecule has 0 atom stereocenters. The number of hydrogen-bond donors (Lipinski definition) is 0. The van der Waals surface area contributed by atoms with Gasteiger partial charge in [0.15, 0.2) is 9.84 Å². The Morgan fingerprint density at radius 1 is 0.821 bits per heavy atom. The number of hydrogen-bond acceptors (Lipinski definition) is 6. The molecule has 2 amide bonds. The Kier molecular flexibility index (Phi) is 5.94. The molecular formula is C19H32N4O4S. The van der Waals surface area contributed by atoms with Gasteiger partial charge in [0, 0.05) is 58.4 Å². The van der Waals surface area contributed by atoms with Gasteiger partial charge in [-0.2, -0.15) is 0 Å². The third-order valence-corrected chi connectivity index (χ3v) is 8.42. The Morgan fingerprint density at radius 3 is 2.18 bits per heavy atom. The minimum Gasteiger partial charge on any atom is -0.341 e. The molecule has 3 aliphatic heterocycles. The third kappa shape index (κ3) is 4.52. The fraction of sp³-hybridized carbons (Fsp3) is 0.895. The molecule has 0 aromatic rings. The summed E-state index contributed by atoms with van der Waals surface area (Å²) in [5.41, 5.74) is 0. The minimum atomic E-state index is -2.93. The predicted molar refractivity (Wildman–Crippen MR) is 106 cm³/mol. The molecule has 9 heteroatoms. The van der Waals surface area contributed by atoms with Crippen LogP contribution < -0.4 is 0 Å². The van der Waals surface area contributed by atoms with Crippen molar-refractivity contribution in [3.63, 3.8) is 0 Å². The van der Waals surface area contributed by atoms with Crippen molar-refractivity contribution in [2.75, 3.05) is 70.4 Å². The van der Waals surface area contributed by atoms with Gasteiger partial charge in [-0.05, 0) is 19.3 Å². The van der Waals surface area contributed by atoms with Crippen molar-refractivity contribution in [2.45, 2.75) is 31.7 Å². The normalized spacial score (nSPS) is 27.7. The number of rotatable bonds is 4. The maximum atomic E-state index is 12.8. The van der Waals surface area contributed by atoms with Crippen LogP contribution in [0.25, 0.3) is 0 Å². The van der Waals surface area contributed by atoms with Gasteiger partial charge in [0.05, 0.1) is 24.0 Å². The molecule has 28 heavy (non-hydrogen) atoms. The summed E-state index contributed by atoms with van der Waals surface area (Å²) in [5.74, 6) is 0.405. The smallest absolute Gasteiger partial charge is 0.236 e. The number of carbonyl (C=O) groups excluding carboxylic acids is 2. The molecule has 1 saturated carbocycles. The quantitative estimate of drug-likeness (QED) is 0.605. The molecule has 0 spiro atoms. The molecule has 0 radical (unpaired) electrons. The molecule has 4 rings (SSSR count). The lowest BCUT2D eigenvalue weighted by Crippen LogP contribution is -2.59. The molecule has 0 unspecified atom stereocenters. The molecule has 0 aromatic heterocycles. The van der Waals surface area contributed by atoms with Crippen molar-refractivity contribution in [3.8, 4) is 0 Å². The van der Waals surface area contributed by atoms with Crippen LogP contribution in [0.4, 0.5) is 0 Å². The highest BCUT2D eigenvalue weighted by molar-refractivity contribution is 7.91. The first kappa shape index (κ1) is 20.1. The van der Waals surface area contributed by atoms with E-state index in [0.29, 0.717) is 26.2 Å². The van der Waals surface area contributed by atoms with E-state index in [-0.39, 0.29) is 35.8 Å². The van der Waals surface area contributed by atoms with Crippen molar-refractivity contribution in [2.24, 2.45) is 5.92 Å². The van der Waals surface area contributed by atoms with Gasteiger partial charge in [0.2, 0.25) is 11.8 Å². The van der Waals surface area contributed by atoms with Crippen LogP contribution in [0.15, 0.2) is 0 Å². The lowest BCUT2D eigenvalue weighted by Gasteiger charge is -2.41. The second kappa shape index (κ2) is 8.28. The topological polar surface area (TPSA) is 81.2 Å². The zero-order valence-electron chi connectivity index (χ0n) is 16.6.